The molecule has 3 rings (SSSR count). The van der Waals surface area contributed by atoms with Crippen molar-refractivity contribution in [3.05, 3.63) is 41.3 Å². The van der Waals surface area contributed by atoms with E-state index < -0.39 is 10.0 Å². The van der Waals surface area contributed by atoms with Gasteiger partial charge < -0.3 is 4.90 Å². The highest BCUT2D eigenvalue weighted by molar-refractivity contribution is 7.92. The van der Waals surface area contributed by atoms with Crippen molar-refractivity contribution >= 4 is 22.0 Å². The molecule has 1 aromatic rings. The SMILES string of the molecule is C[C@H](C(=O)N1[C@H](C)CCC[C@@H]1C)N1CCN(S(=O)(=O)/C=C/c2ccccc2)CC1. The molecule has 0 aliphatic carbocycles. The number of carbonyl (C=O) groups is 1. The fourth-order valence-electron chi connectivity index (χ4n) is 4.39. The Hall–Kier alpha value is -1.70. The molecular formula is C22H33N3O3S. The van der Waals surface area contributed by atoms with Gasteiger partial charge in [0, 0.05) is 43.7 Å². The highest BCUT2D eigenvalue weighted by Crippen LogP contribution is 2.24. The van der Waals surface area contributed by atoms with Crippen LogP contribution in [0.4, 0.5) is 0 Å². The van der Waals surface area contributed by atoms with Crippen LogP contribution in [0, 0.1) is 0 Å². The number of benzene rings is 1. The van der Waals surface area contributed by atoms with Crippen molar-refractivity contribution in [2.75, 3.05) is 26.2 Å². The largest absolute Gasteiger partial charge is 0.336 e. The maximum absolute atomic E-state index is 13.1. The summed E-state index contributed by atoms with van der Waals surface area (Å²) in [5.41, 5.74) is 0.860. The molecule has 29 heavy (non-hydrogen) atoms. The molecular weight excluding hydrogens is 386 g/mol. The molecule has 0 radical (unpaired) electrons. The summed E-state index contributed by atoms with van der Waals surface area (Å²) in [4.78, 5) is 17.3. The lowest BCUT2D eigenvalue weighted by atomic mass is 9.96. The van der Waals surface area contributed by atoms with Crippen LogP contribution in [-0.2, 0) is 14.8 Å². The minimum atomic E-state index is -3.46. The number of carbonyl (C=O) groups excluding carboxylic acids is 1. The first-order valence-electron chi connectivity index (χ1n) is 10.6. The summed E-state index contributed by atoms with van der Waals surface area (Å²) >= 11 is 0. The topological polar surface area (TPSA) is 60.9 Å². The number of nitrogens with zero attached hydrogens (tertiary/aromatic N) is 3. The van der Waals surface area contributed by atoms with Gasteiger partial charge in [0.05, 0.1) is 6.04 Å². The first kappa shape index (κ1) is 22.0. The molecule has 2 heterocycles. The molecule has 1 amide bonds. The van der Waals surface area contributed by atoms with Crippen LogP contribution in [0.25, 0.3) is 6.08 Å². The van der Waals surface area contributed by atoms with Gasteiger partial charge in [-0.25, -0.2) is 8.42 Å². The van der Waals surface area contributed by atoms with Crippen LogP contribution in [0.5, 0.6) is 0 Å². The highest BCUT2D eigenvalue weighted by atomic mass is 32.2. The van der Waals surface area contributed by atoms with E-state index in [1.807, 2.05) is 42.2 Å². The highest BCUT2D eigenvalue weighted by Gasteiger charge is 2.35. The standard InChI is InChI=1S/C22H33N3O3S/c1-18-8-7-9-19(2)25(18)22(26)20(3)23-13-15-24(16-14-23)29(27,28)17-12-21-10-5-4-6-11-21/h4-6,10-12,17-20H,7-9,13-16H2,1-3H3/b17-12+/t18-,19+,20-/m1/s1. The molecule has 0 spiro atoms. The Morgan fingerprint density at radius 3 is 2.21 bits per heavy atom. The lowest BCUT2D eigenvalue weighted by Gasteiger charge is -2.43. The molecule has 0 bridgehead atoms. The maximum Gasteiger partial charge on any atom is 0.240 e. The zero-order valence-corrected chi connectivity index (χ0v) is 18.5. The van der Waals surface area contributed by atoms with Gasteiger partial charge in [-0.15, -0.1) is 0 Å². The van der Waals surface area contributed by atoms with Crippen molar-refractivity contribution in [2.24, 2.45) is 0 Å². The predicted molar refractivity (Wildman–Crippen MR) is 117 cm³/mol. The van der Waals surface area contributed by atoms with E-state index in [1.165, 1.54) is 16.1 Å². The summed E-state index contributed by atoms with van der Waals surface area (Å²) in [6, 6.07) is 9.75. The number of amides is 1. The Morgan fingerprint density at radius 2 is 1.62 bits per heavy atom. The lowest BCUT2D eigenvalue weighted by Crippen LogP contribution is -2.58. The second-order valence-electron chi connectivity index (χ2n) is 8.24. The van der Waals surface area contributed by atoms with Gasteiger partial charge in [-0.2, -0.15) is 4.31 Å². The minimum Gasteiger partial charge on any atom is -0.336 e. The molecule has 0 unspecified atom stereocenters. The third-order valence-electron chi connectivity index (χ3n) is 6.22. The molecule has 1 aromatic carbocycles. The van der Waals surface area contributed by atoms with E-state index in [1.54, 1.807) is 6.08 Å². The molecule has 2 aliphatic rings. The molecule has 2 fully saturated rings. The van der Waals surface area contributed by atoms with Gasteiger partial charge in [0.2, 0.25) is 15.9 Å². The van der Waals surface area contributed by atoms with Gasteiger partial charge in [0.25, 0.3) is 0 Å². The first-order chi connectivity index (χ1) is 13.8. The quantitative estimate of drug-likeness (QED) is 0.736. The minimum absolute atomic E-state index is 0.171. The van der Waals surface area contributed by atoms with Gasteiger partial charge in [-0.3, -0.25) is 9.69 Å². The molecule has 0 saturated carbocycles. The molecule has 2 aliphatic heterocycles. The van der Waals surface area contributed by atoms with Crippen LogP contribution in [0.15, 0.2) is 35.7 Å². The molecule has 0 aromatic heterocycles. The molecule has 2 saturated heterocycles. The van der Waals surface area contributed by atoms with Crippen molar-refractivity contribution < 1.29 is 13.2 Å². The number of sulfonamides is 1. The second-order valence-corrected chi connectivity index (χ2v) is 10.1. The van der Waals surface area contributed by atoms with E-state index in [2.05, 4.69) is 18.7 Å². The Kier molecular flexibility index (Phi) is 7.14. The van der Waals surface area contributed by atoms with Gasteiger partial charge >= 0.3 is 0 Å². The van der Waals surface area contributed by atoms with Crippen molar-refractivity contribution in [3.8, 4) is 0 Å². The fraction of sp³-hybridized carbons (Fsp3) is 0.591. The van der Waals surface area contributed by atoms with Gasteiger partial charge in [-0.05, 0) is 51.7 Å². The average molecular weight is 420 g/mol. The monoisotopic (exact) mass is 419 g/mol. The van der Waals surface area contributed by atoms with Crippen LogP contribution in [-0.4, -0.2) is 72.7 Å². The van der Waals surface area contributed by atoms with Crippen LogP contribution in [0.3, 0.4) is 0 Å². The zero-order valence-electron chi connectivity index (χ0n) is 17.7. The van der Waals surface area contributed by atoms with Gasteiger partial charge in [0.15, 0.2) is 0 Å². The Bertz CT molecular complexity index is 807. The summed E-state index contributed by atoms with van der Waals surface area (Å²) < 4.78 is 26.8. The van der Waals surface area contributed by atoms with Crippen LogP contribution in [0.1, 0.15) is 45.6 Å². The number of hydrogen-bond donors (Lipinski definition) is 0. The first-order valence-corrected chi connectivity index (χ1v) is 12.1. The van der Waals surface area contributed by atoms with E-state index in [0.29, 0.717) is 26.2 Å². The van der Waals surface area contributed by atoms with Crippen molar-refractivity contribution in [2.45, 2.75) is 58.2 Å². The van der Waals surface area contributed by atoms with E-state index in [9.17, 15) is 13.2 Å². The van der Waals surface area contributed by atoms with Crippen molar-refractivity contribution in [1.82, 2.24) is 14.1 Å². The molecule has 0 N–H and O–H groups in total. The number of likely N-dealkylation sites (tertiary alicyclic amines) is 1. The van der Waals surface area contributed by atoms with Crippen molar-refractivity contribution in [1.29, 1.82) is 0 Å². The third-order valence-corrected chi connectivity index (χ3v) is 7.78. The maximum atomic E-state index is 13.1. The summed E-state index contributed by atoms with van der Waals surface area (Å²) in [6.45, 7) is 8.17. The van der Waals surface area contributed by atoms with Crippen LogP contribution in [0.2, 0.25) is 0 Å². The Labute approximate surface area is 175 Å². The van der Waals surface area contributed by atoms with E-state index >= 15 is 0 Å². The predicted octanol–water partition coefficient (Wildman–Crippen LogP) is 2.78. The molecule has 160 valence electrons. The fourth-order valence-corrected chi connectivity index (χ4v) is 5.56. The van der Waals surface area contributed by atoms with Gasteiger partial charge in [-0.1, -0.05) is 30.3 Å². The van der Waals surface area contributed by atoms with E-state index in [4.69, 9.17) is 0 Å². The zero-order chi connectivity index (χ0) is 21.0. The number of piperidine rings is 1. The average Bonchev–Trinajstić information content (AvgIpc) is 2.72. The Balaban J connectivity index is 1.58. The second kappa shape index (κ2) is 9.41. The van der Waals surface area contributed by atoms with Gasteiger partial charge in [0.1, 0.15) is 0 Å². The van der Waals surface area contributed by atoms with Crippen LogP contribution >= 0.6 is 0 Å². The number of hydrogen-bond acceptors (Lipinski definition) is 4. The summed E-state index contributed by atoms with van der Waals surface area (Å²) in [6.07, 6.45) is 4.92. The summed E-state index contributed by atoms with van der Waals surface area (Å²) in [5.74, 6) is 0.171. The summed E-state index contributed by atoms with van der Waals surface area (Å²) in [5, 5.41) is 1.28. The molecule has 6 nitrogen and oxygen atoms in total. The van der Waals surface area contributed by atoms with Crippen LogP contribution < -0.4 is 0 Å². The molecule has 3 atom stereocenters. The smallest absolute Gasteiger partial charge is 0.240 e. The molecule has 7 heteroatoms. The van der Waals surface area contributed by atoms with E-state index in [-0.39, 0.29) is 24.0 Å². The summed E-state index contributed by atoms with van der Waals surface area (Å²) in [7, 11) is -3.46. The number of piperazine rings is 1. The van der Waals surface area contributed by atoms with Crippen molar-refractivity contribution in [3.63, 3.8) is 0 Å². The Morgan fingerprint density at radius 1 is 1.03 bits per heavy atom. The number of rotatable bonds is 5. The lowest BCUT2D eigenvalue weighted by molar-refractivity contribution is -0.143. The normalized spacial score (nSPS) is 26.0. The van der Waals surface area contributed by atoms with E-state index in [0.717, 1.165) is 18.4 Å². The third kappa shape index (κ3) is 5.27.